The molecule has 2 nitrogen and oxygen atoms in total. The minimum Gasteiger partial charge on any atom is -0.373 e. The Morgan fingerprint density at radius 2 is 1.84 bits per heavy atom. The van der Waals surface area contributed by atoms with Crippen LogP contribution in [0, 0.1) is 17.8 Å². The predicted octanol–water partition coefficient (Wildman–Crippen LogP) is 2.63. The molecule has 2 heteroatoms. The van der Waals surface area contributed by atoms with Crippen LogP contribution in [-0.2, 0) is 5.60 Å². The van der Waals surface area contributed by atoms with Crippen molar-refractivity contribution in [2.45, 2.75) is 32.3 Å². The third-order valence-electron chi connectivity index (χ3n) is 3.83. The van der Waals surface area contributed by atoms with Crippen LogP contribution in [0.2, 0.25) is 0 Å². The molecule has 1 aliphatic rings. The molecule has 1 fully saturated rings. The van der Waals surface area contributed by atoms with Gasteiger partial charge in [0.25, 0.3) is 0 Å². The molecule has 1 aromatic carbocycles. The highest BCUT2D eigenvalue weighted by Crippen LogP contribution is 2.28. The number of nitrogens with zero attached hydrogens (tertiary/aromatic N) is 1. The van der Waals surface area contributed by atoms with Crippen molar-refractivity contribution in [2.75, 3.05) is 19.6 Å². The Labute approximate surface area is 116 Å². The standard InChI is InChI=1S/C17H23NO/c1-15(2)17(19,16-9-4-3-5-10-16)11-8-14-18-12-6-7-13-18/h3-5,9-10,15,19H,6-7,12-14H2,1-2H3/t17-/m1/s1. The first-order valence-corrected chi connectivity index (χ1v) is 7.13. The highest BCUT2D eigenvalue weighted by Gasteiger charge is 2.30. The van der Waals surface area contributed by atoms with Crippen LogP contribution < -0.4 is 0 Å². The van der Waals surface area contributed by atoms with Gasteiger partial charge >= 0.3 is 0 Å². The van der Waals surface area contributed by atoms with Crippen LogP contribution in [0.3, 0.4) is 0 Å². The molecule has 0 aromatic heterocycles. The van der Waals surface area contributed by atoms with Gasteiger partial charge in [-0.15, -0.1) is 0 Å². The Kier molecular flexibility index (Phi) is 4.63. The topological polar surface area (TPSA) is 23.5 Å². The van der Waals surface area contributed by atoms with E-state index in [2.05, 4.69) is 16.7 Å². The zero-order valence-corrected chi connectivity index (χ0v) is 11.9. The van der Waals surface area contributed by atoms with Crippen molar-refractivity contribution in [1.82, 2.24) is 4.90 Å². The molecular weight excluding hydrogens is 234 g/mol. The smallest absolute Gasteiger partial charge is 0.153 e. The van der Waals surface area contributed by atoms with E-state index in [1.54, 1.807) is 0 Å². The van der Waals surface area contributed by atoms with E-state index in [-0.39, 0.29) is 5.92 Å². The van der Waals surface area contributed by atoms with Crippen LogP contribution in [0.1, 0.15) is 32.3 Å². The van der Waals surface area contributed by atoms with Gasteiger partial charge in [-0.25, -0.2) is 0 Å². The molecule has 1 N–H and O–H groups in total. The van der Waals surface area contributed by atoms with E-state index in [4.69, 9.17) is 0 Å². The number of rotatable bonds is 3. The second-order valence-corrected chi connectivity index (χ2v) is 5.57. The van der Waals surface area contributed by atoms with Crippen molar-refractivity contribution >= 4 is 0 Å². The summed E-state index contributed by atoms with van der Waals surface area (Å²) in [4.78, 5) is 2.35. The van der Waals surface area contributed by atoms with Crippen molar-refractivity contribution < 1.29 is 5.11 Å². The van der Waals surface area contributed by atoms with E-state index in [1.165, 1.54) is 12.8 Å². The van der Waals surface area contributed by atoms with Gasteiger partial charge in [0.1, 0.15) is 0 Å². The average molecular weight is 257 g/mol. The van der Waals surface area contributed by atoms with Crippen molar-refractivity contribution in [3.05, 3.63) is 35.9 Å². The highest BCUT2D eigenvalue weighted by atomic mass is 16.3. The first-order valence-electron chi connectivity index (χ1n) is 7.13. The van der Waals surface area contributed by atoms with Gasteiger partial charge in [0.15, 0.2) is 5.60 Å². The van der Waals surface area contributed by atoms with Gasteiger partial charge in [0, 0.05) is 0 Å². The van der Waals surface area contributed by atoms with Crippen LogP contribution in [-0.4, -0.2) is 29.6 Å². The second-order valence-electron chi connectivity index (χ2n) is 5.57. The Hall–Kier alpha value is -1.30. The zero-order valence-electron chi connectivity index (χ0n) is 11.9. The Bertz CT molecular complexity index is 451. The van der Waals surface area contributed by atoms with Crippen molar-refractivity contribution in [3.63, 3.8) is 0 Å². The fourth-order valence-corrected chi connectivity index (χ4v) is 2.47. The summed E-state index contributed by atoms with van der Waals surface area (Å²) in [5.74, 6) is 6.35. The number of benzene rings is 1. The second kappa shape index (κ2) is 6.23. The van der Waals surface area contributed by atoms with E-state index < -0.39 is 5.60 Å². The van der Waals surface area contributed by atoms with Gasteiger partial charge in [0.2, 0.25) is 0 Å². The summed E-state index contributed by atoms with van der Waals surface area (Å²) in [7, 11) is 0. The molecule has 0 bridgehead atoms. The van der Waals surface area contributed by atoms with Crippen molar-refractivity contribution in [3.8, 4) is 11.8 Å². The molecular formula is C17H23NO. The van der Waals surface area contributed by atoms with Crippen LogP contribution in [0.4, 0.5) is 0 Å². The van der Waals surface area contributed by atoms with Gasteiger partial charge in [-0.2, -0.15) is 0 Å². The molecule has 0 aliphatic carbocycles. The molecule has 1 heterocycles. The van der Waals surface area contributed by atoms with Crippen LogP contribution in [0.15, 0.2) is 30.3 Å². The Morgan fingerprint density at radius 3 is 2.42 bits per heavy atom. The molecule has 1 aliphatic heterocycles. The fraction of sp³-hybridized carbons (Fsp3) is 0.529. The first-order chi connectivity index (χ1) is 9.13. The Balaban J connectivity index is 2.13. The molecule has 1 saturated heterocycles. The fourth-order valence-electron chi connectivity index (χ4n) is 2.47. The van der Waals surface area contributed by atoms with Crippen LogP contribution in [0.5, 0.6) is 0 Å². The van der Waals surface area contributed by atoms with E-state index >= 15 is 0 Å². The van der Waals surface area contributed by atoms with Crippen LogP contribution >= 0.6 is 0 Å². The first kappa shape index (κ1) is 14.1. The summed E-state index contributed by atoms with van der Waals surface area (Å²) in [5.41, 5.74) is -0.153. The van der Waals surface area contributed by atoms with Gasteiger partial charge in [-0.05, 0) is 37.4 Å². The number of hydrogen-bond donors (Lipinski definition) is 1. The lowest BCUT2D eigenvalue weighted by Gasteiger charge is -2.27. The number of hydrogen-bond acceptors (Lipinski definition) is 2. The van der Waals surface area contributed by atoms with Gasteiger partial charge in [-0.3, -0.25) is 4.90 Å². The molecule has 2 rings (SSSR count). The van der Waals surface area contributed by atoms with E-state index in [9.17, 15) is 5.11 Å². The lowest BCUT2D eigenvalue weighted by atomic mass is 9.84. The maximum absolute atomic E-state index is 10.8. The Morgan fingerprint density at radius 1 is 1.21 bits per heavy atom. The molecule has 0 unspecified atom stereocenters. The van der Waals surface area contributed by atoms with E-state index in [1.807, 2.05) is 44.2 Å². The lowest BCUT2D eigenvalue weighted by molar-refractivity contribution is 0.0502. The third kappa shape index (κ3) is 3.37. The molecule has 0 spiro atoms. The molecule has 1 atom stereocenters. The zero-order chi connectivity index (χ0) is 13.7. The summed E-state index contributed by atoms with van der Waals surface area (Å²) in [6.07, 6.45) is 2.55. The molecule has 0 saturated carbocycles. The normalized spacial score (nSPS) is 18.9. The molecule has 19 heavy (non-hydrogen) atoms. The number of likely N-dealkylation sites (tertiary alicyclic amines) is 1. The number of aliphatic hydroxyl groups is 1. The third-order valence-corrected chi connectivity index (χ3v) is 3.83. The van der Waals surface area contributed by atoms with Gasteiger partial charge < -0.3 is 5.11 Å². The molecule has 1 aromatic rings. The summed E-state index contributed by atoms with van der Waals surface area (Å²) in [5, 5.41) is 10.8. The van der Waals surface area contributed by atoms with Gasteiger partial charge in [-0.1, -0.05) is 56.0 Å². The van der Waals surface area contributed by atoms with Crippen molar-refractivity contribution in [2.24, 2.45) is 5.92 Å². The monoisotopic (exact) mass is 257 g/mol. The molecule has 0 radical (unpaired) electrons. The quantitative estimate of drug-likeness (QED) is 0.841. The molecule has 0 amide bonds. The summed E-state index contributed by atoms with van der Waals surface area (Å²) in [6, 6.07) is 9.76. The highest BCUT2D eigenvalue weighted by molar-refractivity contribution is 5.32. The lowest BCUT2D eigenvalue weighted by Crippen LogP contribution is -2.30. The van der Waals surface area contributed by atoms with Crippen molar-refractivity contribution in [1.29, 1.82) is 0 Å². The van der Waals surface area contributed by atoms with Crippen LogP contribution in [0.25, 0.3) is 0 Å². The summed E-state index contributed by atoms with van der Waals surface area (Å²) in [6.45, 7) is 7.07. The summed E-state index contributed by atoms with van der Waals surface area (Å²) >= 11 is 0. The maximum Gasteiger partial charge on any atom is 0.153 e. The van der Waals surface area contributed by atoms with Gasteiger partial charge in [0.05, 0.1) is 6.54 Å². The predicted molar refractivity (Wildman–Crippen MR) is 78.6 cm³/mol. The molecule has 102 valence electrons. The summed E-state index contributed by atoms with van der Waals surface area (Å²) < 4.78 is 0. The minimum absolute atomic E-state index is 0.0704. The largest absolute Gasteiger partial charge is 0.373 e. The minimum atomic E-state index is -1.04. The average Bonchev–Trinajstić information content (AvgIpc) is 2.92. The maximum atomic E-state index is 10.8. The van der Waals surface area contributed by atoms with E-state index in [0.717, 1.165) is 25.2 Å². The van der Waals surface area contributed by atoms with E-state index in [0.29, 0.717) is 0 Å². The SMILES string of the molecule is CC(C)[C@](O)(C#CCN1CCCC1)c1ccccc1.